The largest absolute Gasteiger partial charge is 1.00 e. The molecule has 28 heavy (non-hydrogen) atoms. The molecule has 2 aromatic heterocycles. The molecule has 7 heteroatoms. The molecule has 1 unspecified atom stereocenters. The number of aromatic amines is 1. The molecule has 4 nitrogen and oxygen atoms in total. The van der Waals surface area contributed by atoms with E-state index < -0.39 is 10.8 Å². The molecule has 0 amide bonds. The van der Waals surface area contributed by atoms with E-state index in [1.807, 2.05) is 36.4 Å². The predicted octanol–water partition coefficient (Wildman–Crippen LogP) is 1.69. The van der Waals surface area contributed by atoms with E-state index >= 15 is 0 Å². The summed E-state index contributed by atoms with van der Waals surface area (Å²) in [4.78, 5) is 13.0. The molecule has 0 saturated heterocycles. The number of hydrogen-bond donors (Lipinski definition) is 1. The number of imidazole rings is 1. The summed E-state index contributed by atoms with van der Waals surface area (Å²) in [6, 6.07) is 17.5. The average Bonchev–Trinajstić information content (AvgIpc) is 3.15. The van der Waals surface area contributed by atoms with Gasteiger partial charge in [-0.15, -0.1) is 0 Å². The lowest BCUT2D eigenvalue weighted by Gasteiger charge is -2.02. The second-order valence-corrected chi connectivity index (χ2v) is 7.41. The lowest BCUT2D eigenvalue weighted by atomic mass is 10.1. The maximum absolute atomic E-state index is 13.3. The topological polar surface area (TPSA) is 58.6 Å². The molecule has 4 rings (SSSR count). The van der Waals surface area contributed by atoms with Gasteiger partial charge in [0.15, 0.2) is 0 Å². The van der Waals surface area contributed by atoms with Gasteiger partial charge in [0.2, 0.25) is 0 Å². The van der Waals surface area contributed by atoms with Crippen LogP contribution < -0.4 is 12.4 Å². The van der Waals surface area contributed by atoms with Crippen LogP contribution >= 0.6 is 0 Å². The van der Waals surface area contributed by atoms with Crippen molar-refractivity contribution in [1.82, 2.24) is 15.0 Å². The summed E-state index contributed by atoms with van der Waals surface area (Å²) in [6.07, 6.45) is 5.08. The van der Waals surface area contributed by atoms with Crippen molar-refractivity contribution in [2.75, 3.05) is 6.26 Å². The Morgan fingerprint density at radius 1 is 0.857 bits per heavy atom. The second-order valence-electron chi connectivity index (χ2n) is 6.03. The third-order valence-corrected chi connectivity index (χ3v) is 5.19. The second kappa shape index (κ2) is 8.46. The molecule has 2 aromatic carbocycles. The molecule has 1 atom stereocenters. The van der Waals surface area contributed by atoms with Gasteiger partial charge in [-0.3, -0.25) is 9.19 Å². The Morgan fingerprint density at radius 2 is 1.46 bits per heavy atom. The van der Waals surface area contributed by atoms with Gasteiger partial charge in [-0.25, -0.2) is 9.37 Å². The predicted molar refractivity (Wildman–Crippen MR) is 105 cm³/mol. The van der Waals surface area contributed by atoms with Gasteiger partial charge in [0, 0.05) is 51.0 Å². The van der Waals surface area contributed by atoms with Crippen molar-refractivity contribution in [3.63, 3.8) is 0 Å². The standard InChI is InChI=1S/C21H16FN3OS.ClH/c1-27(26)18-8-4-16(5-9-18)21-24-19(14-2-6-17(22)7-3-14)20(25-21)15-10-12-23-13-11-15;/h2-13H,1H3,(H,24,25);1H/p-1. The van der Waals surface area contributed by atoms with E-state index in [1.54, 1.807) is 30.8 Å². The van der Waals surface area contributed by atoms with Crippen LogP contribution in [0.3, 0.4) is 0 Å². The third-order valence-electron chi connectivity index (χ3n) is 4.25. The van der Waals surface area contributed by atoms with Gasteiger partial charge in [0.1, 0.15) is 11.6 Å². The van der Waals surface area contributed by atoms with E-state index in [4.69, 9.17) is 4.98 Å². The van der Waals surface area contributed by atoms with Crippen LogP contribution in [0.1, 0.15) is 0 Å². The molecular formula is C21H16ClFN3OS-. The molecule has 0 spiro atoms. The average molecular weight is 413 g/mol. The molecule has 1 N–H and O–H groups in total. The van der Waals surface area contributed by atoms with Gasteiger partial charge in [-0.05, 0) is 48.5 Å². The van der Waals surface area contributed by atoms with Gasteiger partial charge >= 0.3 is 0 Å². The highest BCUT2D eigenvalue weighted by Gasteiger charge is 2.15. The lowest BCUT2D eigenvalue weighted by molar-refractivity contribution is -0.00000717. The van der Waals surface area contributed by atoms with Gasteiger partial charge < -0.3 is 17.4 Å². The Bertz CT molecular complexity index is 1100. The summed E-state index contributed by atoms with van der Waals surface area (Å²) >= 11 is 0. The molecule has 0 radical (unpaired) electrons. The molecule has 2 heterocycles. The van der Waals surface area contributed by atoms with Crippen molar-refractivity contribution in [1.29, 1.82) is 0 Å². The SMILES string of the molecule is CS(=O)c1ccc(-c2nc(-c3ccc(F)cc3)c(-c3ccncc3)[nH]2)cc1.[Cl-]. The Balaban J connectivity index is 0.00000225. The van der Waals surface area contributed by atoms with Gasteiger partial charge in [-0.2, -0.15) is 0 Å². The molecule has 142 valence electrons. The Morgan fingerprint density at radius 3 is 2.07 bits per heavy atom. The van der Waals surface area contributed by atoms with Gasteiger partial charge in [0.25, 0.3) is 0 Å². The van der Waals surface area contributed by atoms with Crippen molar-refractivity contribution in [2.24, 2.45) is 0 Å². The molecular weight excluding hydrogens is 397 g/mol. The minimum absolute atomic E-state index is 0. The molecule has 0 fully saturated rings. The Hall–Kier alpha value is -2.83. The van der Waals surface area contributed by atoms with Crippen molar-refractivity contribution < 1.29 is 21.0 Å². The zero-order valence-corrected chi connectivity index (χ0v) is 16.5. The summed E-state index contributed by atoms with van der Waals surface area (Å²) in [5, 5.41) is 0. The van der Waals surface area contributed by atoms with Crippen LogP contribution in [0, 0.1) is 5.82 Å². The minimum Gasteiger partial charge on any atom is -1.00 e. The van der Waals surface area contributed by atoms with Gasteiger partial charge in [0.05, 0.1) is 11.4 Å². The summed E-state index contributed by atoms with van der Waals surface area (Å²) in [7, 11) is -1.03. The van der Waals surface area contributed by atoms with E-state index in [9.17, 15) is 8.60 Å². The van der Waals surface area contributed by atoms with Crippen molar-refractivity contribution in [3.05, 3.63) is 78.9 Å². The number of hydrogen-bond acceptors (Lipinski definition) is 3. The smallest absolute Gasteiger partial charge is 0.138 e. The number of aromatic nitrogens is 3. The summed E-state index contributed by atoms with van der Waals surface area (Å²) in [6.45, 7) is 0. The normalized spacial score (nSPS) is 11.6. The molecule has 4 aromatic rings. The van der Waals surface area contributed by atoms with E-state index in [1.165, 1.54) is 12.1 Å². The number of nitrogens with one attached hydrogen (secondary N) is 1. The van der Waals surface area contributed by atoms with E-state index in [0.717, 1.165) is 33.0 Å². The maximum Gasteiger partial charge on any atom is 0.138 e. The van der Waals surface area contributed by atoms with Crippen LogP contribution in [-0.2, 0) is 10.8 Å². The zero-order chi connectivity index (χ0) is 18.8. The van der Waals surface area contributed by atoms with E-state index in [-0.39, 0.29) is 18.2 Å². The first-order valence-corrected chi connectivity index (χ1v) is 9.88. The van der Waals surface area contributed by atoms with E-state index in [2.05, 4.69) is 9.97 Å². The number of nitrogens with zero attached hydrogens (tertiary/aromatic N) is 2. The highest BCUT2D eigenvalue weighted by Crippen LogP contribution is 2.33. The fourth-order valence-corrected chi connectivity index (χ4v) is 3.38. The Labute approximate surface area is 170 Å². The first-order chi connectivity index (χ1) is 13.1. The Kier molecular flexibility index (Phi) is 6.02. The number of halogens is 2. The van der Waals surface area contributed by atoms with Crippen molar-refractivity contribution in [3.8, 4) is 33.9 Å². The third kappa shape index (κ3) is 4.03. The molecule has 0 bridgehead atoms. The first-order valence-electron chi connectivity index (χ1n) is 8.32. The number of pyridine rings is 1. The summed E-state index contributed by atoms with van der Waals surface area (Å²) in [5.74, 6) is 0.401. The van der Waals surface area contributed by atoms with Crippen LogP contribution in [0.2, 0.25) is 0 Å². The quantitative estimate of drug-likeness (QED) is 0.555. The highest BCUT2D eigenvalue weighted by atomic mass is 35.5. The number of H-pyrrole nitrogens is 1. The number of rotatable bonds is 4. The summed E-state index contributed by atoms with van der Waals surface area (Å²) in [5.41, 5.74) is 4.21. The minimum atomic E-state index is -1.03. The zero-order valence-electron chi connectivity index (χ0n) is 14.9. The molecule has 0 aliphatic heterocycles. The van der Waals surface area contributed by atoms with Crippen molar-refractivity contribution in [2.45, 2.75) is 4.90 Å². The molecule has 0 aliphatic rings. The van der Waals surface area contributed by atoms with Crippen LogP contribution in [-0.4, -0.2) is 25.4 Å². The monoisotopic (exact) mass is 412 g/mol. The van der Waals surface area contributed by atoms with Crippen LogP contribution in [0.5, 0.6) is 0 Å². The van der Waals surface area contributed by atoms with Crippen LogP contribution in [0.15, 0.2) is 78.0 Å². The number of benzene rings is 2. The first kappa shape index (κ1) is 19.9. The molecule has 0 aliphatic carbocycles. The van der Waals surface area contributed by atoms with Crippen LogP contribution in [0.4, 0.5) is 4.39 Å². The fourth-order valence-electron chi connectivity index (χ4n) is 2.86. The maximum atomic E-state index is 13.3. The van der Waals surface area contributed by atoms with Gasteiger partial charge in [-0.1, -0.05) is 12.1 Å². The van der Waals surface area contributed by atoms with Crippen molar-refractivity contribution >= 4 is 10.8 Å². The van der Waals surface area contributed by atoms with Crippen LogP contribution in [0.25, 0.3) is 33.9 Å². The fraction of sp³-hybridized carbons (Fsp3) is 0.0476. The lowest BCUT2D eigenvalue weighted by Crippen LogP contribution is -3.00. The summed E-state index contributed by atoms with van der Waals surface area (Å²) < 4.78 is 24.9. The highest BCUT2D eigenvalue weighted by molar-refractivity contribution is 7.84. The molecule has 0 saturated carbocycles. The van der Waals surface area contributed by atoms with E-state index in [0.29, 0.717) is 5.82 Å².